The van der Waals surface area contributed by atoms with Crippen molar-refractivity contribution < 1.29 is 14.6 Å². The van der Waals surface area contributed by atoms with Crippen LogP contribution in [0.5, 0.6) is 5.75 Å². The molecule has 22 heavy (non-hydrogen) atoms. The van der Waals surface area contributed by atoms with Gasteiger partial charge in [0.05, 0.1) is 19.1 Å². The standard InChI is InChI=1S/C15H16N2O5/c1-8-6-11(18)13(15(21)17-8)10(7-12(19)22-2)9-4-3-5-16-14(9)20/h3-6,10H,7H2,1-2H3,(H,16,20)(H2,17,18,21)/t10-/m0/s1. The first kappa shape index (κ1) is 15.6. The molecule has 7 heteroatoms. The number of hydrogen-bond donors (Lipinski definition) is 3. The number of aromatic amines is 2. The van der Waals surface area contributed by atoms with Gasteiger partial charge in [0.25, 0.3) is 11.1 Å². The summed E-state index contributed by atoms with van der Waals surface area (Å²) in [5.41, 5.74) is -0.333. The average molecular weight is 304 g/mol. The number of pyridine rings is 2. The van der Waals surface area contributed by atoms with Crippen LogP contribution in [0.3, 0.4) is 0 Å². The predicted molar refractivity (Wildman–Crippen MR) is 79.0 cm³/mol. The van der Waals surface area contributed by atoms with E-state index in [0.29, 0.717) is 5.69 Å². The lowest BCUT2D eigenvalue weighted by Gasteiger charge is -2.16. The zero-order chi connectivity index (χ0) is 16.3. The normalized spacial score (nSPS) is 11.9. The predicted octanol–water partition coefficient (Wildman–Crippen LogP) is 0.772. The van der Waals surface area contributed by atoms with Crippen LogP contribution >= 0.6 is 0 Å². The minimum absolute atomic E-state index is 0.0345. The summed E-state index contributed by atoms with van der Waals surface area (Å²) in [5, 5.41) is 10.1. The Bertz CT molecular complexity index is 806. The number of H-pyrrole nitrogens is 2. The molecule has 0 aliphatic rings. The molecule has 0 bridgehead atoms. The Labute approximate surface area is 125 Å². The topological polar surface area (TPSA) is 112 Å². The lowest BCUT2D eigenvalue weighted by molar-refractivity contribution is -0.140. The number of nitrogens with one attached hydrogen (secondary N) is 2. The summed E-state index contributed by atoms with van der Waals surface area (Å²) >= 11 is 0. The Morgan fingerprint density at radius 3 is 2.68 bits per heavy atom. The maximum absolute atomic E-state index is 12.2. The maximum atomic E-state index is 12.2. The van der Waals surface area contributed by atoms with Gasteiger partial charge in [-0.1, -0.05) is 6.07 Å². The molecular formula is C15H16N2O5. The number of aromatic hydroxyl groups is 1. The van der Waals surface area contributed by atoms with Gasteiger partial charge in [0, 0.05) is 23.4 Å². The zero-order valence-electron chi connectivity index (χ0n) is 12.2. The molecule has 2 rings (SSSR count). The largest absolute Gasteiger partial charge is 0.507 e. The van der Waals surface area contributed by atoms with Gasteiger partial charge in [0.2, 0.25) is 0 Å². The summed E-state index contributed by atoms with van der Waals surface area (Å²) in [7, 11) is 1.22. The van der Waals surface area contributed by atoms with E-state index in [9.17, 15) is 19.5 Å². The first-order valence-corrected chi connectivity index (χ1v) is 6.61. The van der Waals surface area contributed by atoms with Gasteiger partial charge in [-0.05, 0) is 19.1 Å². The lowest BCUT2D eigenvalue weighted by atomic mass is 9.89. The summed E-state index contributed by atoms with van der Waals surface area (Å²) in [4.78, 5) is 40.9. The van der Waals surface area contributed by atoms with Crippen LogP contribution in [0, 0.1) is 6.92 Å². The van der Waals surface area contributed by atoms with E-state index >= 15 is 0 Å². The third kappa shape index (κ3) is 3.08. The number of hydrogen-bond acceptors (Lipinski definition) is 5. The van der Waals surface area contributed by atoms with Gasteiger partial charge in [-0.3, -0.25) is 14.4 Å². The minimum Gasteiger partial charge on any atom is -0.507 e. The number of aryl methyl sites for hydroxylation is 1. The summed E-state index contributed by atoms with van der Waals surface area (Å²) < 4.78 is 4.62. The minimum atomic E-state index is -0.901. The van der Waals surface area contributed by atoms with E-state index in [4.69, 9.17) is 0 Å². The molecular weight excluding hydrogens is 288 g/mol. The van der Waals surface area contributed by atoms with Gasteiger partial charge >= 0.3 is 5.97 Å². The number of carbonyl (C=O) groups is 1. The molecule has 1 atom stereocenters. The molecule has 0 saturated heterocycles. The van der Waals surface area contributed by atoms with Crippen molar-refractivity contribution in [3.8, 4) is 5.75 Å². The van der Waals surface area contributed by atoms with Crippen molar-refractivity contribution in [1.29, 1.82) is 0 Å². The van der Waals surface area contributed by atoms with Gasteiger partial charge in [-0.2, -0.15) is 0 Å². The van der Waals surface area contributed by atoms with Crippen molar-refractivity contribution >= 4 is 5.97 Å². The van der Waals surface area contributed by atoms with E-state index in [-0.39, 0.29) is 23.3 Å². The molecule has 2 aromatic heterocycles. The Morgan fingerprint density at radius 1 is 1.36 bits per heavy atom. The van der Waals surface area contributed by atoms with Crippen LogP contribution in [-0.2, 0) is 9.53 Å². The van der Waals surface area contributed by atoms with Gasteiger partial charge in [0.15, 0.2) is 0 Å². The molecule has 0 spiro atoms. The molecule has 0 saturated carbocycles. The van der Waals surface area contributed by atoms with Gasteiger partial charge in [0.1, 0.15) is 5.75 Å². The molecule has 0 fully saturated rings. The smallest absolute Gasteiger partial charge is 0.306 e. The second-order valence-corrected chi connectivity index (χ2v) is 4.87. The van der Waals surface area contributed by atoms with Crippen LogP contribution in [0.4, 0.5) is 0 Å². The third-order valence-corrected chi connectivity index (χ3v) is 3.36. The number of carbonyl (C=O) groups excluding carboxylic acids is 1. The fraction of sp³-hybridized carbons (Fsp3) is 0.267. The fourth-order valence-corrected chi connectivity index (χ4v) is 2.34. The van der Waals surface area contributed by atoms with Gasteiger partial charge < -0.3 is 19.8 Å². The van der Waals surface area contributed by atoms with Gasteiger partial charge in [-0.15, -0.1) is 0 Å². The summed E-state index contributed by atoms with van der Waals surface area (Å²) in [6.07, 6.45) is 1.21. The Morgan fingerprint density at radius 2 is 2.09 bits per heavy atom. The van der Waals surface area contributed by atoms with Crippen molar-refractivity contribution in [2.24, 2.45) is 0 Å². The average Bonchev–Trinajstić information content (AvgIpc) is 2.45. The van der Waals surface area contributed by atoms with Crippen LogP contribution in [0.2, 0.25) is 0 Å². The van der Waals surface area contributed by atoms with Crippen LogP contribution < -0.4 is 11.1 Å². The summed E-state index contributed by atoms with van der Waals surface area (Å²) in [6.45, 7) is 1.62. The Balaban J connectivity index is 2.65. The number of esters is 1. The molecule has 0 radical (unpaired) electrons. The third-order valence-electron chi connectivity index (χ3n) is 3.36. The van der Waals surface area contributed by atoms with E-state index < -0.39 is 23.0 Å². The first-order valence-electron chi connectivity index (χ1n) is 6.61. The number of rotatable bonds is 4. The van der Waals surface area contributed by atoms with Crippen molar-refractivity contribution in [3.05, 3.63) is 61.9 Å². The van der Waals surface area contributed by atoms with E-state index in [1.54, 1.807) is 13.0 Å². The molecule has 3 N–H and O–H groups in total. The quantitative estimate of drug-likeness (QED) is 0.722. The van der Waals surface area contributed by atoms with Crippen LogP contribution in [-0.4, -0.2) is 28.2 Å². The Hall–Kier alpha value is -2.83. The van der Waals surface area contributed by atoms with E-state index in [1.165, 1.54) is 25.4 Å². The monoisotopic (exact) mass is 304 g/mol. The molecule has 0 aliphatic heterocycles. The highest BCUT2D eigenvalue weighted by Crippen LogP contribution is 2.30. The summed E-state index contributed by atoms with van der Waals surface area (Å²) in [6, 6.07) is 4.46. The highest BCUT2D eigenvalue weighted by molar-refractivity contribution is 5.71. The van der Waals surface area contributed by atoms with Gasteiger partial charge in [-0.25, -0.2) is 0 Å². The lowest BCUT2D eigenvalue weighted by Crippen LogP contribution is -2.25. The highest BCUT2D eigenvalue weighted by atomic mass is 16.5. The molecule has 0 aliphatic carbocycles. The molecule has 0 amide bonds. The fourth-order valence-electron chi connectivity index (χ4n) is 2.34. The maximum Gasteiger partial charge on any atom is 0.306 e. The van der Waals surface area contributed by atoms with Crippen molar-refractivity contribution in [2.45, 2.75) is 19.3 Å². The molecule has 0 aromatic carbocycles. The van der Waals surface area contributed by atoms with E-state index in [0.717, 1.165) is 0 Å². The van der Waals surface area contributed by atoms with E-state index in [2.05, 4.69) is 14.7 Å². The first-order chi connectivity index (χ1) is 10.4. The zero-order valence-corrected chi connectivity index (χ0v) is 12.2. The van der Waals surface area contributed by atoms with Crippen molar-refractivity contribution in [2.75, 3.05) is 7.11 Å². The molecule has 7 nitrogen and oxygen atoms in total. The Kier molecular flexibility index (Phi) is 4.45. The van der Waals surface area contributed by atoms with Crippen molar-refractivity contribution in [3.63, 3.8) is 0 Å². The number of aromatic nitrogens is 2. The molecule has 2 heterocycles. The molecule has 0 unspecified atom stereocenters. The highest BCUT2D eigenvalue weighted by Gasteiger charge is 2.26. The molecule has 116 valence electrons. The summed E-state index contributed by atoms with van der Waals surface area (Å²) in [5.74, 6) is -1.76. The number of ether oxygens (including phenoxy) is 1. The second kappa shape index (κ2) is 6.30. The van der Waals surface area contributed by atoms with Crippen LogP contribution in [0.1, 0.15) is 29.2 Å². The second-order valence-electron chi connectivity index (χ2n) is 4.87. The van der Waals surface area contributed by atoms with E-state index in [1.807, 2.05) is 0 Å². The SMILES string of the molecule is COC(=O)C[C@@H](c1ccc[nH]c1=O)c1c(O)cc(C)[nH]c1=O. The van der Waals surface area contributed by atoms with Crippen molar-refractivity contribution in [1.82, 2.24) is 9.97 Å². The van der Waals surface area contributed by atoms with Crippen LogP contribution in [0.15, 0.2) is 34.0 Å². The van der Waals surface area contributed by atoms with Crippen LogP contribution in [0.25, 0.3) is 0 Å². The molecule has 2 aromatic rings. The number of methoxy groups -OCH3 is 1.